The van der Waals surface area contributed by atoms with E-state index in [-0.39, 0.29) is 18.9 Å². The SMILES string of the molecule is C/C=C/CC/C=C/CC/C=C/C(O)C(COC1OC(CO)C(OC2OC(CO)C(O)C(O)C2O)C(O)C1O)NC(=O)CCCCCCCCCCC/C=C\C/C=C\C/C=C\C/C=C\C/C=C\C/C=C\C/C=C\CC. The summed E-state index contributed by atoms with van der Waals surface area (Å²) in [5.74, 6) is -0.270. The van der Waals surface area contributed by atoms with Crippen LogP contribution in [0.1, 0.15) is 155 Å². The molecule has 14 heteroatoms. The molecule has 14 nitrogen and oxygen atoms in total. The van der Waals surface area contributed by atoms with Crippen molar-refractivity contribution in [3.05, 3.63) is 122 Å². The molecule has 0 aromatic carbocycles. The lowest BCUT2D eigenvalue weighted by molar-refractivity contribution is -0.359. The Bertz CT molecular complexity index is 1700. The number of aliphatic hydroxyl groups excluding tert-OH is 8. The minimum absolute atomic E-state index is 0.253. The average molecular weight is 1040 g/mol. The summed E-state index contributed by atoms with van der Waals surface area (Å²) in [4.78, 5) is 13.2. The Balaban J connectivity index is 1.68. The molecular formula is C60H97NO13. The number of unbranched alkanes of at least 4 members (excludes halogenated alkanes) is 11. The molecule has 2 rings (SSSR count). The van der Waals surface area contributed by atoms with E-state index in [1.807, 2.05) is 19.1 Å². The van der Waals surface area contributed by atoms with Gasteiger partial charge in [0.15, 0.2) is 12.6 Å². The Morgan fingerprint density at radius 3 is 1.49 bits per heavy atom. The predicted octanol–water partition coefficient (Wildman–Crippen LogP) is 8.66. The third kappa shape index (κ3) is 30.2. The van der Waals surface area contributed by atoms with Crippen LogP contribution in [0.2, 0.25) is 0 Å². The lowest BCUT2D eigenvalue weighted by Gasteiger charge is -2.46. The lowest BCUT2D eigenvalue weighted by Crippen LogP contribution is -2.65. The Morgan fingerprint density at radius 1 is 0.514 bits per heavy atom. The van der Waals surface area contributed by atoms with E-state index in [9.17, 15) is 45.6 Å². The zero-order chi connectivity index (χ0) is 53.9. The number of ether oxygens (including phenoxy) is 4. The number of rotatable bonds is 41. The van der Waals surface area contributed by atoms with Crippen molar-refractivity contribution in [2.45, 2.75) is 229 Å². The van der Waals surface area contributed by atoms with E-state index in [2.05, 4.69) is 116 Å². The maximum atomic E-state index is 13.2. The molecule has 0 aromatic heterocycles. The van der Waals surface area contributed by atoms with E-state index in [0.29, 0.717) is 12.8 Å². The van der Waals surface area contributed by atoms with Crippen molar-refractivity contribution in [1.29, 1.82) is 0 Å². The van der Waals surface area contributed by atoms with Crippen LogP contribution in [0.15, 0.2) is 122 Å². The van der Waals surface area contributed by atoms with Gasteiger partial charge in [-0.05, 0) is 96.8 Å². The van der Waals surface area contributed by atoms with Crippen molar-refractivity contribution in [3.63, 3.8) is 0 Å². The van der Waals surface area contributed by atoms with Crippen molar-refractivity contribution in [2.75, 3.05) is 19.8 Å². The molecule has 0 bridgehead atoms. The van der Waals surface area contributed by atoms with E-state index < -0.39 is 86.8 Å². The molecule has 9 N–H and O–H groups in total. The molecular weight excluding hydrogens is 943 g/mol. The second-order valence-corrected chi connectivity index (χ2v) is 19.0. The molecule has 74 heavy (non-hydrogen) atoms. The molecule has 2 aliphatic heterocycles. The van der Waals surface area contributed by atoms with Gasteiger partial charge in [0.2, 0.25) is 5.91 Å². The summed E-state index contributed by atoms with van der Waals surface area (Å²) in [7, 11) is 0. The van der Waals surface area contributed by atoms with Gasteiger partial charge in [0.05, 0.1) is 32.0 Å². The van der Waals surface area contributed by atoms with Crippen molar-refractivity contribution in [2.24, 2.45) is 0 Å². The molecule has 0 aliphatic carbocycles. The Kier molecular flexibility index (Phi) is 40.0. The largest absolute Gasteiger partial charge is 0.394 e. The van der Waals surface area contributed by atoms with Crippen LogP contribution in [-0.4, -0.2) is 140 Å². The fraction of sp³-hybridized carbons (Fsp3) is 0.650. The summed E-state index contributed by atoms with van der Waals surface area (Å²) >= 11 is 0. The van der Waals surface area contributed by atoms with Gasteiger partial charge < -0.3 is 65.1 Å². The van der Waals surface area contributed by atoms with Gasteiger partial charge in [-0.25, -0.2) is 0 Å². The monoisotopic (exact) mass is 1040 g/mol. The number of carbonyl (C=O) groups is 1. The molecule has 0 aromatic rings. The van der Waals surface area contributed by atoms with E-state index in [1.54, 1.807) is 6.08 Å². The smallest absolute Gasteiger partial charge is 0.220 e. The number of amides is 1. The van der Waals surface area contributed by atoms with Crippen molar-refractivity contribution >= 4 is 5.91 Å². The highest BCUT2D eigenvalue weighted by Crippen LogP contribution is 2.30. The fourth-order valence-corrected chi connectivity index (χ4v) is 8.25. The van der Waals surface area contributed by atoms with Gasteiger partial charge in [-0.1, -0.05) is 173 Å². The van der Waals surface area contributed by atoms with E-state index >= 15 is 0 Å². The first-order valence-electron chi connectivity index (χ1n) is 27.7. The minimum atomic E-state index is -1.80. The maximum absolute atomic E-state index is 13.2. The van der Waals surface area contributed by atoms with Gasteiger partial charge in [-0.3, -0.25) is 4.79 Å². The molecule has 420 valence electrons. The minimum Gasteiger partial charge on any atom is -0.394 e. The maximum Gasteiger partial charge on any atom is 0.220 e. The number of hydrogen-bond acceptors (Lipinski definition) is 13. The molecule has 2 aliphatic rings. The van der Waals surface area contributed by atoms with E-state index in [1.165, 1.54) is 25.7 Å². The summed E-state index contributed by atoms with van der Waals surface area (Å²) in [5, 5.41) is 86.6. The van der Waals surface area contributed by atoms with Crippen LogP contribution < -0.4 is 5.32 Å². The molecule has 1 amide bonds. The van der Waals surface area contributed by atoms with Gasteiger partial charge in [-0.15, -0.1) is 0 Å². The first kappa shape index (κ1) is 66.5. The molecule has 0 spiro atoms. The van der Waals surface area contributed by atoms with Crippen LogP contribution in [0.5, 0.6) is 0 Å². The van der Waals surface area contributed by atoms with Gasteiger partial charge >= 0.3 is 0 Å². The molecule has 2 fully saturated rings. The molecule has 2 heterocycles. The summed E-state index contributed by atoms with van der Waals surface area (Å²) in [6, 6.07) is -0.947. The third-order valence-corrected chi connectivity index (χ3v) is 12.7. The lowest BCUT2D eigenvalue weighted by atomic mass is 9.97. The Labute approximate surface area is 444 Å². The number of nitrogens with one attached hydrogen (secondary N) is 1. The van der Waals surface area contributed by atoms with Crippen LogP contribution in [0.4, 0.5) is 0 Å². The van der Waals surface area contributed by atoms with Crippen LogP contribution in [-0.2, 0) is 23.7 Å². The summed E-state index contributed by atoms with van der Waals surface area (Å²) in [5.41, 5.74) is 0. The predicted molar refractivity (Wildman–Crippen MR) is 295 cm³/mol. The first-order valence-corrected chi connectivity index (χ1v) is 27.7. The van der Waals surface area contributed by atoms with Gasteiger partial charge in [0.25, 0.3) is 0 Å². The zero-order valence-corrected chi connectivity index (χ0v) is 44.8. The topological polar surface area (TPSA) is 228 Å². The average Bonchev–Trinajstić information content (AvgIpc) is 3.40. The van der Waals surface area contributed by atoms with Gasteiger partial charge in [-0.2, -0.15) is 0 Å². The van der Waals surface area contributed by atoms with Crippen LogP contribution in [0.3, 0.4) is 0 Å². The highest BCUT2D eigenvalue weighted by Gasteiger charge is 2.51. The quantitative estimate of drug-likeness (QED) is 0.0207. The summed E-state index contributed by atoms with van der Waals surface area (Å²) in [6.07, 6.45) is 47.1. The summed E-state index contributed by atoms with van der Waals surface area (Å²) in [6.45, 7) is 2.37. The highest BCUT2D eigenvalue weighted by molar-refractivity contribution is 5.76. The summed E-state index contributed by atoms with van der Waals surface area (Å²) < 4.78 is 22.6. The number of aliphatic hydroxyl groups is 8. The molecule has 2 saturated heterocycles. The van der Waals surface area contributed by atoms with Crippen molar-refractivity contribution in [3.8, 4) is 0 Å². The first-order chi connectivity index (χ1) is 36.1. The second kappa shape index (κ2) is 44.5. The van der Waals surface area contributed by atoms with Crippen LogP contribution in [0, 0.1) is 0 Å². The molecule has 0 saturated carbocycles. The number of allylic oxidation sites excluding steroid dienone is 19. The van der Waals surface area contributed by atoms with Crippen molar-refractivity contribution < 1.29 is 64.6 Å². The molecule has 12 atom stereocenters. The molecule has 12 unspecified atom stereocenters. The standard InChI is InChI=1S/C60H97NO13/c1-3-5-7-9-11-13-14-15-16-17-18-19-20-21-22-23-24-25-26-27-28-29-30-31-32-33-34-36-38-40-42-44-52(65)61-48(49(64)43-41-39-37-35-12-10-8-6-4-2)47-71-59-57(70)55(68)58(51(46-63)73-59)74-60-56(69)54(67)53(66)50(45-62)72-60/h4-7,11-13,15-16,18-19,21-22,24-25,27-28,35,41,43,48-51,53-60,62-64,66-70H,3,8-10,14,17,20,23,26,29-34,36-40,42,44-47H2,1-2H3,(H,61,65)/b6-4+,7-5-,13-11-,16-15-,19-18-,22-21-,25-24-,28-27-,35-12+,43-41+. The zero-order valence-electron chi connectivity index (χ0n) is 44.8. The highest BCUT2D eigenvalue weighted by atomic mass is 16.7. The Morgan fingerprint density at radius 2 is 0.959 bits per heavy atom. The van der Waals surface area contributed by atoms with Crippen LogP contribution in [0.25, 0.3) is 0 Å². The number of hydrogen-bond donors (Lipinski definition) is 9. The van der Waals surface area contributed by atoms with Gasteiger partial charge in [0.1, 0.15) is 48.8 Å². The Hall–Kier alpha value is -3.61. The van der Waals surface area contributed by atoms with Crippen LogP contribution >= 0.6 is 0 Å². The van der Waals surface area contributed by atoms with E-state index in [4.69, 9.17) is 18.9 Å². The second-order valence-electron chi connectivity index (χ2n) is 19.0. The fourth-order valence-electron chi connectivity index (χ4n) is 8.25. The van der Waals surface area contributed by atoms with Crippen molar-refractivity contribution in [1.82, 2.24) is 5.32 Å². The van der Waals surface area contributed by atoms with E-state index in [0.717, 1.165) is 96.3 Å². The molecule has 0 radical (unpaired) electrons. The third-order valence-electron chi connectivity index (χ3n) is 12.7. The normalized spacial score (nSPS) is 26.2. The number of carbonyl (C=O) groups excluding carboxylic acids is 1. The van der Waals surface area contributed by atoms with Gasteiger partial charge in [0, 0.05) is 6.42 Å².